The number of nitrogens with one attached hydrogen (secondary N) is 1. The predicted octanol–water partition coefficient (Wildman–Crippen LogP) is 6.18. The van der Waals surface area contributed by atoms with E-state index in [1.165, 1.54) is 33.4 Å². The van der Waals surface area contributed by atoms with Gasteiger partial charge in [-0.3, -0.25) is 14.2 Å². The Morgan fingerprint density at radius 3 is 2.27 bits per heavy atom. The standard InChI is InChI=1S/C27H29N3O2S/c1-14-10-17(4)24(18(5)11-14)29-25(31)19(6)30-13-28-26-23(27(30)32)22(20(7)33-26)21-9-8-15(2)16(3)12-21/h8-13,19H,1-7H3,(H,29,31). The highest BCUT2D eigenvalue weighted by atomic mass is 32.1. The molecule has 6 heteroatoms. The highest BCUT2D eigenvalue weighted by Crippen LogP contribution is 2.36. The Morgan fingerprint density at radius 2 is 1.64 bits per heavy atom. The van der Waals surface area contributed by atoms with E-state index in [-0.39, 0.29) is 11.5 Å². The lowest BCUT2D eigenvalue weighted by atomic mass is 9.99. The maximum absolute atomic E-state index is 13.6. The van der Waals surface area contributed by atoms with Crippen molar-refractivity contribution in [2.45, 2.75) is 54.5 Å². The molecule has 1 amide bonds. The molecule has 1 N–H and O–H groups in total. The summed E-state index contributed by atoms with van der Waals surface area (Å²) in [4.78, 5) is 33.0. The van der Waals surface area contributed by atoms with Gasteiger partial charge in [0.1, 0.15) is 10.9 Å². The zero-order chi connectivity index (χ0) is 24.0. The molecular formula is C27H29N3O2S. The molecule has 0 saturated heterocycles. The first-order valence-corrected chi connectivity index (χ1v) is 11.9. The van der Waals surface area contributed by atoms with Gasteiger partial charge < -0.3 is 5.32 Å². The fourth-order valence-electron chi connectivity index (χ4n) is 4.37. The molecule has 0 aliphatic heterocycles. The summed E-state index contributed by atoms with van der Waals surface area (Å²) in [6.07, 6.45) is 1.49. The van der Waals surface area contributed by atoms with Gasteiger partial charge in [-0.15, -0.1) is 11.3 Å². The largest absolute Gasteiger partial charge is 0.324 e. The van der Waals surface area contributed by atoms with E-state index in [0.29, 0.717) is 10.2 Å². The first kappa shape index (κ1) is 22.9. The predicted molar refractivity (Wildman–Crippen MR) is 138 cm³/mol. The van der Waals surface area contributed by atoms with Gasteiger partial charge in [0.2, 0.25) is 5.91 Å². The van der Waals surface area contributed by atoms with E-state index in [1.807, 2.05) is 45.9 Å². The van der Waals surface area contributed by atoms with Crippen LogP contribution in [0.4, 0.5) is 5.69 Å². The zero-order valence-electron chi connectivity index (χ0n) is 20.2. The molecule has 4 rings (SSSR count). The molecular weight excluding hydrogens is 430 g/mol. The van der Waals surface area contributed by atoms with Crippen LogP contribution in [0.2, 0.25) is 0 Å². The van der Waals surface area contributed by atoms with Crippen LogP contribution in [0.1, 0.15) is 45.7 Å². The van der Waals surface area contributed by atoms with Crippen molar-refractivity contribution in [2.24, 2.45) is 0 Å². The average molecular weight is 460 g/mol. The van der Waals surface area contributed by atoms with Gasteiger partial charge in [0.15, 0.2) is 0 Å². The third kappa shape index (κ3) is 4.11. The van der Waals surface area contributed by atoms with Crippen molar-refractivity contribution < 1.29 is 4.79 Å². The van der Waals surface area contributed by atoms with Crippen LogP contribution in [-0.4, -0.2) is 15.5 Å². The Balaban J connectivity index is 1.77. The molecule has 1 unspecified atom stereocenters. The number of aromatic nitrogens is 2. The van der Waals surface area contributed by atoms with Crippen molar-refractivity contribution in [3.8, 4) is 11.1 Å². The van der Waals surface area contributed by atoms with Crippen molar-refractivity contribution >= 4 is 33.1 Å². The third-order valence-electron chi connectivity index (χ3n) is 6.33. The van der Waals surface area contributed by atoms with Crippen molar-refractivity contribution in [1.29, 1.82) is 0 Å². The van der Waals surface area contributed by atoms with Crippen LogP contribution in [0.5, 0.6) is 0 Å². The summed E-state index contributed by atoms with van der Waals surface area (Å²) >= 11 is 1.51. The maximum atomic E-state index is 13.6. The highest BCUT2D eigenvalue weighted by Gasteiger charge is 2.23. The summed E-state index contributed by atoms with van der Waals surface area (Å²) in [7, 11) is 0. The van der Waals surface area contributed by atoms with Gasteiger partial charge >= 0.3 is 0 Å². The molecule has 0 radical (unpaired) electrons. The van der Waals surface area contributed by atoms with E-state index in [0.717, 1.165) is 38.4 Å². The molecule has 2 aromatic carbocycles. The minimum absolute atomic E-state index is 0.197. The van der Waals surface area contributed by atoms with Crippen molar-refractivity contribution in [2.75, 3.05) is 5.32 Å². The number of fused-ring (bicyclic) bond motifs is 1. The number of anilines is 1. The Labute approximate surface area is 198 Å². The second kappa shape index (κ2) is 8.60. The third-order valence-corrected chi connectivity index (χ3v) is 7.34. The van der Waals surface area contributed by atoms with Crippen LogP contribution >= 0.6 is 11.3 Å². The Morgan fingerprint density at radius 1 is 0.970 bits per heavy atom. The second-order valence-electron chi connectivity index (χ2n) is 8.91. The Hall–Kier alpha value is -3.25. The van der Waals surface area contributed by atoms with Gasteiger partial charge in [-0.2, -0.15) is 0 Å². The number of thiophene rings is 1. The van der Waals surface area contributed by atoms with E-state index in [1.54, 1.807) is 6.92 Å². The molecule has 0 spiro atoms. The molecule has 4 aromatic rings. The summed E-state index contributed by atoms with van der Waals surface area (Å²) in [5.41, 5.74) is 8.03. The minimum Gasteiger partial charge on any atom is -0.324 e. The quantitative estimate of drug-likeness (QED) is 0.397. The molecule has 0 fully saturated rings. The molecule has 33 heavy (non-hydrogen) atoms. The summed E-state index contributed by atoms with van der Waals surface area (Å²) in [6, 6.07) is 9.60. The number of rotatable bonds is 4. The number of aryl methyl sites for hydroxylation is 6. The minimum atomic E-state index is -0.706. The number of hydrogen-bond acceptors (Lipinski definition) is 4. The summed E-state index contributed by atoms with van der Waals surface area (Å²) < 4.78 is 1.44. The zero-order valence-corrected chi connectivity index (χ0v) is 21.0. The smallest absolute Gasteiger partial charge is 0.263 e. The molecule has 2 aromatic heterocycles. The average Bonchev–Trinajstić information content (AvgIpc) is 3.09. The Bertz CT molecular complexity index is 1440. The molecule has 0 bridgehead atoms. The van der Waals surface area contributed by atoms with Gasteiger partial charge in [-0.25, -0.2) is 4.98 Å². The van der Waals surface area contributed by atoms with Gasteiger partial charge in [-0.05, 0) is 76.3 Å². The lowest BCUT2D eigenvalue weighted by Gasteiger charge is -2.18. The summed E-state index contributed by atoms with van der Waals surface area (Å²) in [5, 5.41) is 3.60. The van der Waals surface area contributed by atoms with E-state index < -0.39 is 6.04 Å². The number of carbonyl (C=O) groups is 1. The van der Waals surface area contributed by atoms with Crippen LogP contribution in [0.25, 0.3) is 21.3 Å². The first-order valence-electron chi connectivity index (χ1n) is 11.0. The second-order valence-corrected chi connectivity index (χ2v) is 10.1. The lowest BCUT2D eigenvalue weighted by molar-refractivity contribution is -0.118. The van der Waals surface area contributed by atoms with Crippen LogP contribution in [-0.2, 0) is 4.79 Å². The van der Waals surface area contributed by atoms with Crippen molar-refractivity contribution in [1.82, 2.24) is 9.55 Å². The Kier molecular flexibility index (Phi) is 5.97. The lowest BCUT2D eigenvalue weighted by Crippen LogP contribution is -2.32. The monoisotopic (exact) mass is 459 g/mol. The topological polar surface area (TPSA) is 64.0 Å². The summed E-state index contributed by atoms with van der Waals surface area (Å²) in [5.74, 6) is -0.243. The van der Waals surface area contributed by atoms with Crippen molar-refractivity contribution in [3.05, 3.63) is 79.7 Å². The fourth-order valence-corrected chi connectivity index (χ4v) is 5.37. The molecule has 2 heterocycles. The number of carbonyl (C=O) groups excluding carboxylic acids is 1. The normalized spacial score (nSPS) is 12.2. The molecule has 170 valence electrons. The maximum Gasteiger partial charge on any atom is 0.263 e. The van der Waals surface area contributed by atoms with Crippen LogP contribution in [0.3, 0.4) is 0 Å². The van der Waals surface area contributed by atoms with Crippen molar-refractivity contribution in [3.63, 3.8) is 0 Å². The highest BCUT2D eigenvalue weighted by molar-refractivity contribution is 7.19. The van der Waals surface area contributed by atoms with Gasteiger partial charge in [0.05, 0.1) is 11.7 Å². The van der Waals surface area contributed by atoms with Gasteiger partial charge in [-0.1, -0.05) is 35.9 Å². The van der Waals surface area contributed by atoms with Crippen LogP contribution < -0.4 is 10.9 Å². The van der Waals surface area contributed by atoms with E-state index in [4.69, 9.17) is 0 Å². The van der Waals surface area contributed by atoms with Crippen LogP contribution in [0.15, 0.2) is 41.5 Å². The number of nitrogens with zero attached hydrogens (tertiary/aromatic N) is 2. The SMILES string of the molecule is Cc1cc(C)c(NC(=O)C(C)n2cnc3sc(C)c(-c4ccc(C)c(C)c4)c3c2=O)c(C)c1. The molecule has 0 aliphatic carbocycles. The molecule has 0 aliphatic rings. The van der Waals surface area contributed by atoms with Gasteiger partial charge in [0, 0.05) is 16.1 Å². The number of benzene rings is 2. The molecule has 1 atom stereocenters. The first-order chi connectivity index (χ1) is 15.6. The number of amides is 1. The van der Waals surface area contributed by atoms with E-state index >= 15 is 0 Å². The number of hydrogen-bond donors (Lipinski definition) is 1. The fraction of sp³-hybridized carbons (Fsp3) is 0.296. The molecule has 5 nitrogen and oxygen atoms in total. The van der Waals surface area contributed by atoms with E-state index in [9.17, 15) is 9.59 Å². The van der Waals surface area contributed by atoms with Crippen LogP contribution in [0, 0.1) is 41.5 Å². The molecule has 0 saturated carbocycles. The summed E-state index contributed by atoms with van der Waals surface area (Å²) in [6.45, 7) is 13.9. The van der Waals surface area contributed by atoms with Gasteiger partial charge in [0.25, 0.3) is 5.56 Å². The van der Waals surface area contributed by atoms with E-state index in [2.05, 4.69) is 36.3 Å².